The summed E-state index contributed by atoms with van der Waals surface area (Å²) in [5, 5.41) is 14.3. The second-order valence-electron chi connectivity index (χ2n) is 4.84. The fourth-order valence-corrected chi connectivity index (χ4v) is 3.09. The van der Waals surface area contributed by atoms with Gasteiger partial charge in [0.15, 0.2) is 0 Å². The molecule has 2 heterocycles. The third kappa shape index (κ3) is 3.54. The number of aromatic amines is 1. The van der Waals surface area contributed by atoms with E-state index in [2.05, 4.69) is 20.6 Å². The highest BCUT2D eigenvalue weighted by Gasteiger charge is 2.22. The Morgan fingerprint density at radius 2 is 2.13 bits per heavy atom. The molecule has 8 heteroatoms. The van der Waals surface area contributed by atoms with Crippen molar-refractivity contribution in [3.8, 4) is 0 Å². The summed E-state index contributed by atoms with van der Waals surface area (Å²) in [7, 11) is 0. The number of nitrogens with one attached hydrogen (secondary N) is 1. The van der Waals surface area contributed by atoms with Crippen LogP contribution in [-0.4, -0.2) is 32.2 Å². The van der Waals surface area contributed by atoms with Crippen LogP contribution in [0.15, 0.2) is 35.7 Å². The topological polar surface area (TPSA) is 88.6 Å². The Hall–Kier alpha value is -2.74. The molecule has 0 aliphatic heterocycles. The normalized spacial score (nSPS) is 10.7. The maximum atomic E-state index is 13.3. The van der Waals surface area contributed by atoms with E-state index in [1.807, 2.05) is 11.4 Å². The van der Waals surface area contributed by atoms with E-state index in [4.69, 9.17) is 0 Å². The molecule has 0 unspecified atom stereocenters. The van der Waals surface area contributed by atoms with E-state index < -0.39 is 11.6 Å². The van der Waals surface area contributed by atoms with Gasteiger partial charge in [-0.1, -0.05) is 12.1 Å². The molecule has 3 aromatic rings. The number of tetrazole rings is 1. The molecule has 116 valence electrons. The van der Waals surface area contributed by atoms with Gasteiger partial charge in [0, 0.05) is 17.7 Å². The smallest absolute Gasteiger partial charge is 0.269 e. The first-order valence-corrected chi connectivity index (χ1v) is 7.62. The molecule has 0 saturated carbocycles. The van der Waals surface area contributed by atoms with Crippen molar-refractivity contribution in [1.29, 1.82) is 0 Å². The molecular weight excluding hydrogens is 319 g/mol. The first-order valence-electron chi connectivity index (χ1n) is 6.74. The standard InChI is InChI=1S/C15H11FN4O2S/c16-11-3-1-2-9(6-11)7-13-10(4-5-23-13)8-12(21)14(22)15-17-19-20-18-15/h1-6H,7-8H2,(H,17,18,19,20). The van der Waals surface area contributed by atoms with Crippen LogP contribution in [0.4, 0.5) is 4.39 Å². The summed E-state index contributed by atoms with van der Waals surface area (Å²) in [5.41, 5.74) is 1.56. The van der Waals surface area contributed by atoms with Crippen LogP contribution in [0.1, 0.15) is 26.6 Å². The van der Waals surface area contributed by atoms with E-state index in [1.165, 1.54) is 23.5 Å². The second kappa shape index (κ2) is 6.57. The summed E-state index contributed by atoms with van der Waals surface area (Å²) in [6.45, 7) is 0. The molecule has 23 heavy (non-hydrogen) atoms. The molecule has 0 aliphatic rings. The number of carbonyl (C=O) groups is 2. The number of Topliss-reactive ketones (excluding diaryl/α,β-unsaturated/α-hetero) is 2. The van der Waals surface area contributed by atoms with Crippen LogP contribution in [0.2, 0.25) is 0 Å². The Balaban J connectivity index is 1.73. The summed E-state index contributed by atoms with van der Waals surface area (Å²) in [4.78, 5) is 24.8. The van der Waals surface area contributed by atoms with Crippen LogP contribution < -0.4 is 0 Å². The van der Waals surface area contributed by atoms with Gasteiger partial charge >= 0.3 is 0 Å². The number of ketones is 2. The van der Waals surface area contributed by atoms with E-state index in [0.29, 0.717) is 6.42 Å². The number of rotatable bonds is 6. The van der Waals surface area contributed by atoms with Gasteiger partial charge in [-0.05, 0) is 39.9 Å². The van der Waals surface area contributed by atoms with Gasteiger partial charge in [0.2, 0.25) is 11.6 Å². The summed E-state index contributed by atoms with van der Waals surface area (Å²) >= 11 is 1.47. The number of halogens is 1. The predicted octanol–water partition coefficient (Wildman–Crippen LogP) is 1.99. The molecule has 0 saturated heterocycles. The zero-order valence-corrected chi connectivity index (χ0v) is 12.6. The summed E-state index contributed by atoms with van der Waals surface area (Å²) in [5.74, 6) is -1.92. The molecule has 0 amide bonds. The lowest BCUT2D eigenvalue weighted by Crippen LogP contribution is -2.18. The fourth-order valence-electron chi connectivity index (χ4n) is 2.15. The largest absolute Gasteiger partial charge is 0.290 e. The maximum Gasteiger partial charge on any atom is 0.269 e. The average Bonchev–Trinajstić information content (AvgIpc) is 3.19. The van der Waals surface area contributed by atoms with Crippen molar-refractivity contribution in [2.45, 2.75) is 12.8 Å². The van der Waals surface area contributed by atoms with E-state index in [-0.39, 0.29) is 18.1 Å². The Morgan fingerprint density at radius 1 is 1.26 bits per heavy atom. The lowest BCUT2D eigenvalue weighted by molar-refractivity contribution is -0.114. The van der Waals surface area contributed by atoms with Crippen molar-refractivity contribution < 1.29 is 14.0 Å². The van der Waals surface area contributed by atoms with Crippen molar-refractivity contribution in [2.24, 2.45) is 0 Å². The van der Waals surface area contributed by atoms with Gasteiger partial charge in [0.25, 0.3) is 5.78 Å². The number of hydrogen-bond donors (Lipinski definition) is 1. The van der Waals surface area contributed by atoms with Gasteiger partial charge in [-0.25, -0.2) is 4.39 Å². The summed E-state index contributed by atoms with van der Waals surface area (Å²) < 4.78 is 13.3. The minimum absolute atomic E-state index is 0.0402. The van der Waals surface area contributed by atoms with Crippen LogP contribution in [-0.2, 0) is 17.6 Å². The van der Waals surface area contributed by atoms with Gasteiger partial charge in [-0.3, -0.25) is 9.59 Å². The summed E-state index contributed by atoms with van der Waals surface area (Å²) in [6, 6.07) is 8.09. The van der Waals surface area contributed by atoms with Gasteiger partial charge in [0.1, 0.15) is 5.82 Å². The van der Waals surface area contributed by atoms with Crippen LogP contribution in [0.3, 0.4) is 0 Å². The molecule has 1 aromatic carbocycles. The molecule has 0 fully saturated rings. The first kappa shape index (κ1) is 15.2. The minimum atomic E-state index is -0.776. The number of thiophene rings is 1. The van der Waals surface area contributed by atoms with Gasteiger partial charge in [0.05, 0.1) is 0 Å². The number of aromatic nitrogens is 4. The number of benzene rings is 1. The maximum absolute atomic E-state index is 13.3. The summed E-state index contributed by atoms with van der Waals surface area (Å²) in [6.07, 6.45) is 0.468. The molecule has 6 nitrogen and oxygen atoms in total. The number of carbonyl (C=O) groups excluding carboxylic acids is 2. The van der Waals surface area contributed by atoms with E-state index >= 15 is 0 Å². The number of H-pyrrole nitrogens is 1. The molecule has 0 atom stereocenters. The molecule has 0 aliphatic carbocycles. The SMILES string of the molecule is O=C(Cc1ccsc1Cc1cccc(F)c1)C(=O)c1nn[nH]n1. The van der Waals surface area contributed by atoms with Crippen molar-refractivity contribution in [2.75, 3.05) is 0 Å². The first-order chi connectivity index (χ1) is 11.1. The highest BCUT2D eigenvalue weighted by atomic mass is 32.1. The monoisotopic (exact) mass is 330 g/mol. The third-order valence-corrected chi connectivity index (χ3v) is 4.21. The molecule has 1 N–H and O–H groups in total. The zero-order valence-electron chi connectivity index (χ0n) is 11.8. The Kier molecular flexibility index (Phi) is 4.33. The van der Waals surface area contributed by atoms with Gasteiger partial charge < -0.3 is 0 Å². The molecule has 0 radical (unpaired) electrons. The van der Waals surface area contributed by atoms with Crippen molar-refractivity contribution in [3.05, 3.63) is 63.4 Å². The molecule has 2 aromatic heterocycles. The molecule has 0 bridgehead atoms. The van der Waals surface area contributed by atoms with Crippen molar-refractivity contribution >= 4 is 22.9 Å². The lowest BCUT2D eigenvalue weighted by Gasteiger charge is -2.03. The molecular formula is C15H11FN4O2S. The molecule has 3 rings (SSSR count). The minimum Gasteiger partial charge on any atom is -0.290 e. The van der Waals surface area contributed by atoms with Crippen LogP contribution >= 0.6 is 11.3 Å². The second-order valence-corrected chi connectivity index (χ2v) is 5.84. The van der Waals surface area contributed by atoms with Crippen LogP contribution in [0.5, 0.6) is 0 Å². The molecule has 0 spiro atoms. The average molecular weight is 330 g/mol. The Morgan fingerprint density at radius 3 is 2.87 bits per heavy atom. The van der Waals surface area contributed by atoms with E-state index in [1.54, 1.807) is 12.1 Å². The Labute approximate surface area is 134 Å². The van der Waals surface area contributed by atoms with Gasteiger partial charge in [-0.15, -0.1) is 21.5 Å². The van der Waals surface area contributed by atoms with Crippen LogP contribution in [0, 0.1) is 5.82 Å². The van der Waals surface area contributed by atoms with Crippen LogP contribution in [0.25, 0.3) is 0 Å². The number of hydrogen-bond acceptors (Lipinski definition) is 6. The van der Waals surface area contributed by atoms with E-state index in [0.717, 1.165) is 16.0 Å². The van der Waals surface area contributed by atoms with Crippen molar-refractivity contribution in [3.63, 3.8) is 0 Å². The third-order valence-electron chi connectivity index (χ3n) is 3.24. The quantitative estimate of drug-likeness (QED) is 0.551. The van der Waals surface area contributed by atoms with Crippen molar-refractivity contribution in [1.82, 2.24) is 20.6 Å². The highest BCUT2D eigenvalue weighted by molar-refractivity contribution is 7.10. The number of nitrogens with zero attached hydrogens (tertiary/aromatic N) is 3. The Bertz CT molecular complexity index is 845. The highest BCUT2D eigenvalue weighted by Crippen LogP contribution is 2.22. The lowest BCUT2D eigenvalue weighted by atomic mass is 10.0. The van der Waals surface area contributed by atoms with E-state index in [9.17, 15) is 14.0 Å². The fraction of sp³-hybridized carbons (Fsp3) is 0.133. The van der Waals surface area contributed by atoms with Gasteiger partial charge in [-0.2, -0.15) is 5.21 Å². The predicted molar refractivity (Wildman–Crippen MR) is 80.7 cm³/mol. The zero-order chi connectivity index (χ0) is 16.2.